The Kier molecular flexibility index (Phi) is 5.79. The standard InChI is InChI=1S/C19H26N2O2.C2HF3O2/c1-14-5-4-6-16(15(14)2)20-7-9-21(10-8-20)19-11-18(12-19,13-19)17(22)23-3;3-2(4,5)1(6)7/h4-6H,7-13H2,1-3H3;(H,6,7). The minimum absolute atomic E-state index is 0.00777. The highest BCUT2D eigenvalue weighted by Gasteiger charge is 2.74. The van der Waals surface area contributed by atoms with Crippen LogP contribution in [0.1, 0.15) is 30.4 Å². The zero-order chi connectivity index (χ0) is 22.3. The van der Waals surface area contributed by atoms with Gasteiger partial charge in [-0.05, 0) is 50.3 Å². The lowest BCUT2D eigenvalue weighted by Gasteiger charge is -2.72. The number of hydrogen-bond acceptors (Lipinski definition) is 5. The highest BCUT2D eigenvalue weighted by atomic mass is 19.4. The fourth-order valence-electron chi connectivity index (χ4n) is 5.00. The highest BCUT2D eigenvalue weighted by molar-refractivity contribution is 5.82. The fourth-order valence-corrected chi connectivity index (χ4v) is 5.00. The molecule has 0 aromatic heterocycles. The van der Waals surface area contributed by atoms with Crippen LogP contribution in [-0.2, 0) is 14.3 Å². The van der Waals surface area contributed by atoms with Crippen molar-refractivity contribution in [1.29, 1.82) is 0 Å². The van der Waals surface area contributed by atoms with Crippen molar-refractivity contribution in [2.75, 3.05) is 38.2 Å². The van der Waals surface area contributed by atoms with Crippen LogP contribution in [0.5, 0.6) is 0 Å². The average molecular weight is 428 g/mol. The third-order valence-corrected chi connectivity index (χ3v) is 6.73. The number of methoxy groups -OCH3 is 1. The molecule has 4 fully saturated rings. The first-order valence-corrected chi connectivity index (χ1v) is 9.89. The molecule has 1 aromatic rings. The van der Waals surface area contributed by atoms with Crippen molar-refractivity contribution in [3.8, 4) is 0 Å². The Hall–Kier alpha value is -2.29. The summed E-state index contributed by atoms with van der Waals surface area (Å²) in [6.07, 6.45) is -2.05. The molecule has 3 saturated carbocycles. The maximum absolute atomic E-state index is 11.8. The zero-order valence-electron chi connectivity index (χ0n) is 17.4. The molecular weight excluding hydrogens is 401 g/mol. The van der Waals surface area contributed by atoms with Crippen LogP contribution in [0.4, 0.5) is 18.9 Å². The van der Waals surface area contributed by atoms with Crippen molar-refractivity contribution in [3.63, 3.8) is 0 Å². The molecule has 3 aliphatic carbocycles. The van der Waals surface area contributed by atoms with E-state index in [1.54, 1.807) is 0 Å². The lowest BCUT2D eigenvalue weighted by atomic mass is 9.38. The van der Waals surface area contributed by atoms with Crippen LogP contribution in [-0.4, -0.2) is 66.9 Å². The SMILES string of the molecule is COC(=O)C12CC(N3CCN(c4cccc(C)c4C)CC3)(C1)C2.O=C(O)C(F)(F)F. The summed E-state index contributed by atoms with van der Waals surface area (Å²) in [4.78, 5) is 25.9. The van der Waals surface area contributed by atoms with Crippen molar-refractivity contribution in [2.24, 2.45) is 5.41 Å². The molecule has 0 spiro atoms. The van der Waals surface area contributed by atoms with Gasteiger partial charge in [0, 0.05) is 37.4 Å². The Morgan fingerprint density at radius 3 is 2.07 bits per heavy atom. The van der Waals surface area contributed by atoms with E-state index in [-0.39, 0.29) is 11.4 Å². The third-order valence-electron chi connectivity index (χ3n) is 6.73. The van der Waals surface area contributed by atoms with E-state index in [0.717, 1.165) is 45.4 Å². The summed E-state index contributed by atoms with van der Waals surface area (Å²) in [5.74, 6) is -2.75. The van der Waals surface area contributed by atoms with Crippen LogP contribution in [0, 0.1) is 19.3 Å². The molecular formula is C21H27F3N2O4. The van der Waals surface area contributed by atoms with Crippen LogP contribution >= 0.6 is 0 Å². The van der Waals surface area contributed by atoms with Gasteiger partial charge in [0.05, 0.1) is 12.5 Å². The van der Waals surface area contributed by atoms with E-state index in [1.807, 2.05) is 0 Å². The number of piperazine rings is 1. The summed E-state index contributed by atoms with van der Waals surface area (Å²) < 4.78 is 36.7. The molecule has 1 saturated heterocycles. The van der Waals surface area contributed by atoms with Gasteiger partial charge in [-0.1, -0.05) is 12.1 Å². The number of aryl methyl sites for hydroxylation is 1. The Morgan fingerprint density at radius 1 is 1.07 bits per heavy atom. The van der Waals surface area contributed by atoms with Crippen molar-refractivity contribution in [1.82, 2.24) is 4.90 Å². The Labute approximate surface area is 173 Å². The maximum Gasteiger partial charge on any atom is 0.490 e. The number of anilines is 1. The van der Waals surface area contributed by atoms with Gasteiger partial charge in [-0.3, -0.25) is 9.69 Å². The molecule has 4 aliphatic rings. The average Bonchev–Trinajstić information content (AvgIpc) is 2.62. The molecule has 9 heteroatoms. The molecule has 166 valence electrons. The number of esters is 1. The van der Waals surface area contributed by atoms with Gasteiger partial charge in [-0.15, -0.1) is 0 Å². The second kappa shape index (κ2) is 7.76. The zero-order valence-corrected chi connectivity index (χ0v) is 17.4. The minimum atomic E-state index is -5.08. The molecule has 1 aromatic carbocycles. The molecule has 0 amide bonds. The monoisotopic (exact) mass is 428 g/mol. The van der Waals surface area contributed by atoms with E-state index in [0.29, 0.717) is 5.54 Å². The second-order valence-corrected chi connectivity index (χ2v) is 8.52. The molecule has 0 radical (unpaired) electrons. The fraction of sp³-hybridized carbons (Fsp3) is 0.619. The number of carboxylic acids is 1. The number of carbonyl (C=O) groups is 2. The first-order chi connectivity index (χ1) is 13.9. The van der Waals surface area contributed by atoms with Crippen LogP contribution in [0.3, 0.4) is 0 Å². The first-order valence-electron chi connectivity index (χ1n) is 9.89. The van der Waals surface area contributed by atoms with Gasteiger partial charge >= 0.3 is 18.1 Å². The van der Waals surface area contributed by atoms with Gasteiger partial charge in [0.2, 0.25) is 0 Å². The molecule has 6 nitrogen and oxygen atoms in total. The summed E-state index contributed by atoms with van der Waals surface area (Å²) in [6, 6.07) is 6.58. The number of carbonyl (C=O) groups excluding carboxylic acids is 1. The number of ether oxygens (including phenoxy) is 1. The maximum atomic E-state index is 11.8. The van der Waals surface area contributed by atoms with Crippen molar-refractivity contribution < 1.29 is 32.6 Å². The van der Waals surface area contributed by atoms with E-state index >= 15 is 0 Å². The first kappa shape index (κ1) is 22.4. The number of hydrogen-bond donors (Lipinski definition) is 1. The number of nitrogens with zero attached hydrogens (tertiary/aromatic N) is 2. The normalized spacial score (nSPS) is 27.9. The summed E-state index contributed by atoms with van der Waals surface area (Å²) in [5.41, 5.74) is 4.33. The molecule has 0 unspecified atom stereocenters. The molecule has 1 aliphatic heterocycles. The number of alkyl halides is 3. The van der Waals surface area contributed by atoms with E-state index < -0.39 is 12.1 Å². The van der Waals surface area contributed by atoms with Gasteiger partial charge in [0.25, 0.3) is 0 Å². The molecule has 1 heterocycles. The predicted molar refractivity (Wildman–Crippen MR) is 104 cm³/mol. The Morgan fingerprint density at radius 2 is 1.60 bits per heavy atom. The van der Waals surface area contributed by atoms with Gasteiger partial charge in [-0.2, -0.15) is 13.2 Å². The van der Waals surface area contributed by atoms with E-state index in [9.17, 15) is 18.0 Å². The number of rotatable bonds is 3. The summed E-state index contributed by atoms with van der Waals surface area (Å²) in [6.45, 7) is 8.77. The molecule has 2 bridgehead atoms. The largest absolute Gasteiger partial charge is 0.490 e. The topological polar surface area (TPSA) is 70.1 Å². The number of aliphatic carboxylic acids is 1. The number of halogens is 3. The molecule has 30 heavy (non-hydrogen) atoms. The van der Waals surface area contributed by atoms with E-state index in [2.05, 4.69) is 41.8 Å². The minimum Gasteiger partial charge on any atom is -0.475 e. The summed E-state index contributed by atoms with van der Waals surface area (Å²) in [7, 11) is 1.51. The smallest absolute Gasteiger partial charge is 0.475 e. The van der Waals surface area contributed by atoms with Crippen molar-refractivity contribution in [2.45, 2.75) is 44.8 Å². The predicted octanol–water partition coefficient (Wildman–Crippen LogP) is 3.15. The molecule has 1 N–H and O–H groups in total. The number of benzene rings is 1. The quantitative estimate of drug-likeness (QED) is 0.746. The van der Waals surface area contributed by atoms with E-state index in [1.165, 1.54) is 23.9 Å². The van der Waals surface area contributed by atoms with Crippen LogP contribution in [0.15, 0.2) is 18.2 Å². The van der Waals surface area contributed by atoms with Crippen molar-refractivity contribution >= 4 is 17.6 Å². The third kappa shape index (κ3) is 3.87. The lowest BCUT2D eigenvalue weighted by molar-refractivity contribution is -0.234. The van der Waals surface area contributed by atoms with Crippen molar-refractivity contribution in [3.05, 3.63) is 29.3 Å². The van der Waals surface area contributed by atoms with Gasteiger partial charge in [0.1, 0.15) is 0 Å². The summed E-state index contributed by atoms with van der Waals surface area (Å²) >= 11 is 0. The van der Waals surface area contributed by atoms with Crippen LogP contribution < -0.4 is 4.90 Å². The van der Waals surface area contributed by atoms with E-state index in [4.69, 9.17) is 14.6 Å². The molecule has 0 atom stereocenters. The Bertz CT molecular complexity index is 812. The highest BCUT2D eigenvalue weighted by Crippen LogP contribution is 2.70. The summed E-state index contributed by atoms with van der Waals surface area (Å²) in [5, 5.41) is 7.12. The second-order valence-electron chi connectivity index (χ2n) is 8.52. The van der Waals surface area contributed by atoms with Gasteiger partial charge in [-0.25, -0.2) is 4.79 Å². The molecule has 5 rings (SSSR count). The van der Waals surface area contributed by atoms with Crippen LogP contribution in [0.25, 0.3) is 0 Å². The van der Waals surface area contributed by atoms with Gasteiger partial charge < -0.3 is 14.7 Å². The van der Waals surface area contributed by atoms with Crippen LogP contribution in [0.2, 0.25) is 0 Å². The number of carboxylic acid groups (broad SMARTS) is 1. The van der Waals surface area contributed by atoms with Gasteiger partial charge in [0.15, 0.2) is 0 Å². The lowest BCUT2D eigenvalue weighted by Crippen LogP contribution is -2.78. The Balaban J connectivity index is 0.000000318.